The quantitative estimate of drug-likeness (QED) is 0.319. The van der Waals surface area contributed by atoms with Crippen LogP contribution in [0.2, 0.25) is 0 Å². The smallest absolute Gasteiger partial charge is 0.316 e. The van der Waals surface area contributed by atoms with Crippen molar-refractivity contribution in [2.75, 3.05) is 20.3 Å². The third-order valence-electron chi connectivity index (χ3n) is 7.74. The molecular formula is C28H38NO4+. The maximum atomic E-state index is 12.9. The van der Waals surface area contributed by atoms with E-state index < -0.39 is 5.92 Å². The lowest BCUT2D eigenvalue weighted by molar-refractivity contribution is -0.961. The number of rotatable bonds is 10. The number of nitrogens with zero attached hydrogens (tertiary/aromatic N) is 1. The van der Waals surface area contributed by atoms with Crippen molar-refractivity contribution in [3.63, 3.8) is 0 Å². The first-order valence-electron chi connectivity index (χ1n) is 12.5. The largest absolute Gasteiger partial charge is 0.494 e. The number of esters is 1. The predicted molar refractivity (Wildman–Crippen MR) is 129 cm³/mol. The summed E-state index contributed by atoms with van der Waals surface area (Å²) in [5.74, 6) is 0.0351. The Hall–Kier alpha value is -2.37. The zero-order valence-electron chi connectivity index (χ0n) is 20.0. The first kappa shape index (κ1) is 23.8. The van der Waals surface area contributed by atoms with Gasteiger partial charge in [0.25, 0.3) is 0 Å². The number of hydrogen-bond acceptors (Lipinski definition) is 4. The molecule has 33 heavy (non-hydrogen) atoms. The van der Waals surface area contributed by atoms with Crippen LogP contribution in [-0.2, 0) is 16.1 Å². The van der Waals surface area contributed by atoms with Crippen LogP contribution in [0.1, 0.15) is 62.5 Å². The van der Waals surface area contributed by atoms with Crippen molar-refractivity contribution in [1.82, 2.24) is 0 Å². The number of piperidine rings is 1. The molecule has 2 aromatic carbocycles. The van der Waals surface area contributed by atoms with E-state index in [0.717, 1.165) is 54.6 Å². The maximum Gasteiger partial charge on any atom is 0.316 e. The number of carbonyl (C=O) groups is 1. The van der Waals surface area contributed by atoms with E-state index in [-0.39, 0.29) is 18.7 Å². The van der Waals surface area contributed by atoms with Gasteiger partial charge in [0.05, 0.1) is 32.3 Å². The molecule has 0 amide bonds. The van der Waals surface area contributed by atoms with Crippen LogP contribution in [0.15, 0.2) is 54.6 Å². The van der Waals surface area contributed by atoms with Gasteiger partial charge < -0.3 is 19.1 Å². The fraction of sp³-hybridized carbons (Fsp3) is 0.536. The van der Waals surface area contributed by atoms with Gasteiger partial charge in [-0.2, -0.15) is 0 Å². The van der Waals surface area contributed by atoms with Crippen molar-refractivity contribution >= 4 is 5.97 Å². The van der Waals surface area contributed by atoms with Gasteiger partial charge in [0.1, 0.15) is 24.3 Å². The Bertz CT molecular complexity index is 884. The van der Waals surface area contributed by atoms with Crippen LogP contribution in [0, 0.1) is 0 Å². The van der Waals surface area contributed by atoms with Crippen molar-refractivity contribution in [2.45, 2.75) is 76.1 Å². The number of benzene rings is 2. The Kier molecular flexibility index (Phi) is 7.71. The van der Waals surface area contributed by atoms with E-state index in [4.69, 9.17) is 9.47 Å². The summed E-state index contributed by atoms with van der Waals surface area (Å²) in [7, 11) is 2.37. The van der Waals surface area contributed by atoms with Gasteiger partial charge in [0.2, 0.25) is 0 Å². The molecule has 2 saturated heterocycles. The van der Waals surface area contributed by atoms with Crippen molar-refractivity contribution in [2.24, 2.45) is 0 Å². The lowest BCUT2D eigenvalue weighted by Crippen LogP contribution is -2.58. The van der Waals surface area contributed by atoms with Gasteiger partial charge in [0, 0.05) is 31.2 Å². The molecule has 0 saturated carbocycles. The van der Waals surface area contributed by atoms with Crippen molar-refractivity contribution in [1.29, 1.82) is 0 Å². The van der Waals surface area contributed by atoms with Crippen LogP contribution in [0.4, 0.5) is 0 Å². The highest BCUT2D eigenvalue weighted by atomic mass is 16.5. The molecule has 4 rings (SSSR count). The SMILES string of the molecule is CCCCOc1ccc(C[N+]2(C)C3CCC2CC(OC(=O)[C@@H](CO)c2ccccc2)C3)cc1. The number of aliphatic hydroxyl groups is 1. The summed E-state index contributed by atoms with van der Waals surface area (Å²) in [5, 5.41) is 9.81. The Balaban J connectivity index is 1.36. The van der Waals surface area contributed by atoms with Crippen molar-refractivity contribution in [3.8, 4) is 5.75 Å². The number of fused-ring (bicyclic) bond motifs is 2. The summed E-state index contributed by atoms with van der Waals surface area (Å²) < 4.78 is 12.8. The second-order valence-electron chi connectivity index (χ2n) is 9.91. The minimum atomic E-state index is -0.607. The van der Waals surface area contributed by atoms with Crippen LogP contribution in [0.25, 0.3) is 0 Å². The highest BCUT2D eigenvalue weighted by molar-refractivity contribution is 5.78. The maximum absolute atomic E-state index is 12.9. The molecular weight excluding hydrogens is 414 g/mol. The van der Waals surface area contributed by atoms with E-state index in [2.05, 4.69) is 38.2 Å². The standard InChI is InChI=1S/C28H38NO4/c1-3-4-16-32-25-14-10-21(11-15-25)19-29(2)23-12-13-24(29)18-26(17-23)33-28(31)27(20-30)22-8-6-5-7-9-22/h5-11,14-15,23-24,26-27,30H,3-4,12-13,16-20H2,1-2H3/q+1/t23?,24?,26?,27-,29?/m0/s1. The molecule has 178 valence electrons. The molecule has 1 N–H and O–H groups in total. The van der Waals surface area contributed by atoms with Gasteiger partial charge in [-0.1, -0.05) is 43.7 Å². The fourth-order valence-corrected chi connectivity index (χ4v) is 5.71. The van der Waals surface area contributed by atoms with Gasteiger partial charge in [-0.05, 0) is 36.2 Å². The molecule has 2 heterocycles. The first-order valence-corrected chi connectivity index (χ1v) is 12.5. The van der Waals surface area contributed by atoms with E-state index >= 15 is 0 Å². The number of ether oxygens (including phenoxy) is 2. The lowest BCUT2D eigenvalue weighted by Gasteiger charge is -2.47. The first-order chi connectivity index (χ1) is 16.0. The van der Waals surface area contributed by atoms with E-state index in [9.17, 15) is 9.90 Å². The molecule has 0 spiro atoms. The van der Waals surface area contributed by atoms with Gasteiger partial charge in [-0.25, -0.2) is 0 Å². The summed E-state index contributed by atoms with van der Waals surface area (Å²) in [6, 6.07) is 19.0. The third-order valence-corrected chi connectivity index (χ3v) is 7.74. The van der Waals surface area contributed by atoms with E-state index in [1.807, 2.05) is 30.3 Å². The van der Waals surface area contributed by atoms with Crippen LogP contribution in [0.3, 0.4) is 0 Å². The molecule has 2 fully saturated rings. The van der Waals surface area contributed by atoms with Crippen molar-refractivity contribution in [3.05, 3.63) is 65.7 Å². The Morgan fingerprint density at radius 1 is 1.06 bits per heavy atom. The molecule has 2 aromatic rings. The van der Waals surface area contributed by atoms with E-state index in [1.54, 1.807) is 0 Å². The molecule has 0 aromatic heterocycles. The van der Waals surface area contributed by atoms with Crippen LogP contribution >= 0.6 is 0 Å². The Labute approximate surface area is 197 Å². The molecule has 2 bridgehead atoms. The minimum absolute atomic E-state index is 0.0618. The lowest BCUT2D eigenvalue weighted by atomic mass is 9.95. The molecule has 5 nitrogen and oxygen atoms in total. The van der Waals surface area contributed by atoms with Crippen LogP contribution in [-0.4, -0.2) is 54.0 Å². The molecule has 3 atom stereocenters. The molecule has 2 aliphatic rings. The summed E-state index contributed by atoms with van der Waals surface area (Å²) in [4.78, 5) is 12.9. The fourth-order valence-electron chi connectivity index (χ4n) is 5.71. The highest BCUT2D eigenvalue weighted by Crippen LogP contribution is 2.43. The van der Waals surface area contributed by atoms with Crippen molar-refractivity contribution < 1.29 is 23.9 Å². The Morgan fingerprint density at radius 2 is 1.73 bits per heavy atom. The van der Waals surface area contributed by atoms with Crippen LogP contribution in [0.5, 0.6) is 5.75 Å². The van der Waals surface area contributed by atoms with Gasteiger partial charge in [-0.15, -0.1) is 0 Å². The van der Waals surface area contributed by atoms with Gasteiger partial charge >= 0.3 is 5.97 Å². The minimum Gasteiger partial charge on any atom is -0.494 e. The summed E-state index contributed by atoms with van der Waals surface area (Å²) >= 11 is 0. The molecule has 2 unspecified atom stereocenters. The van der Waals surface area contributed by atoms with E-state index in [0.29, 0.717) is 12.1 Å². The molecule has 0 radical (unpaired) electrons. The summed E-state index contributed by atoms with van der Waals surface area (Å²) in [5.41, 5.74) is 2.14. The van der Waals surface area contributed by atoms with Crippen LogP contribution < -0.4 is 4.74 Å². The average molecular weight is 453 g/mol. The second-order valence-corrected chi connectivity index (χ2v) is 9.91. The van der Waals surface area contributed by atoms with Gasteiger partial charge in [-0.3, -0.25) is 4.79 Å². The Morgan fingerprint density at radius 3 is 2.33 bits per heavy atom. The number of aliphatic hydroxyl groups excluding tert-OH is 1. The number of carbonyl (C=O) groups excluding carboxylic acids is 1. The molecule has 5 heteroatoms. The number of quaternary nitrogens is 1. The summed E-state index contributed by atoms with van der Waals surface area (Å²) in [6.07, 6.45) is 6.29. The highest BCUT2D eigenvalue weighted by Gasteiger charge is 2.52. The third kappa shape index (κ3) is 5.42. The second kappa shape index (κ2) is 10.7. The molecule has 2 aliphatic heterocycles. The predicted octanol–water partition coefficient (Wildman–Crippen LogP) is 4.82. The number of unbranched alkanes of at least 4 members (excludes halogenated alkanes) is 1. The monoisotopic (exact) mass is 452 g/mol. The normalized spacial score (nSPS) is 27.2. The average Bonchev–Trinajstić information content (AvgIpc) is 2.98. The van der Waals surface area contributed by atoms with Gasteiger partial charge in [0.15, 0.2) is 0 Å². The molecule has 0 aliphatic carbocycles. The number of hydrogen-bond donors (Lipinski definition) is 1. The zero-order chi connectivity index (χ0) is 23.3. The van der Waals surface area contributed by atoms with E-state index in [1.165, 1.54) is 18.4 Å². The zero-order valence-corrected chi connectivity index (χ0v) is 20.0. The topological polar surface area (TPSA) is 55.8 Å². The summed E-state index contributed by atoms with van der Waals surface area (Å²) in [6.45, 7) is 3.71.